The summed E-state index contributed by atoms with van der Waals surface area (Å²) in [6.07, 6.45) is 14.1. The molecule has 0 aromatic heterocycles. The molecule has 0 unspecified atom stereocenters. The number of methoxy groups -OCH3 is 1. The van der Waals surface area contributed by atoms with E-state index in [1.807, 2.05) is 26.0 Å². The topological polar surface area (TPSA) is 63.2 Å². The van der Waals surface area contributed by atoms with Crippen molar-refractivity contribution in [1.29, 1.82) is 0 Å². The number of unbranched alkanes of at least 4 members (excludes halogenated alkanes) is 3. The second kappa shape index (κ2) is 18.5. The average molecular weight is 779 g/mol. The number of rotatable bonds is 16. The Hall–Kier alpha value is -3.33. The van der Waals surface area contributed by atoms with Crippen LogP contribution in [0.15, 0.2) is 109 Å². The summed E-state index contributed by atoms with van der Waals surface area (Å²) in [5, 5.41) is 2.41. The second-order valence-electron chi connectivity index (χ2n) is 17.8. The third kappa shape index (κ3) is 9.34. The highest BCUT2D eigenvalue weighted by Gasteiger charge is 2.55. The number of hydrogen-bond acceptors (Lipinski definition) is 6. The summed E-state index contributed by atoms with van der Waals surface area (Å²) in [6.45, 7) is 15.1. The number of ketones is 1. The maximum Gasteiger partial charge on any atom is 0.261 e. The molecule has 1 saturated heterocycles. The SMILES string of the molecule is C/C=C/CCCCC[C@@H]1C=C2[C@H](OCc3ccc(OC)cc3)[C@H](C(=O)CCC23COC(C)(C)OC3)[C@H]1CCO[Si](c1ccccc1)(c1ccccc1)C(C)(C)C. The molecular weight excluding hydrogens is 713 g/mol. The Kier molecular flexibility index (Phi) is 14.0. The first-order valence-electron chi connectivity index (χ1n) is 21.1. The molecule has 1 spiro atoms. The molecule has 3 aromatic carbocycles. The van der Waals surface area contributed by atoms with E-state index < -0.39 is 19.5 Å². The lowest BCUT2D eigenvalue weighted by Crippen LogP contribution is -2.66. The van der Waals surface area contributed by atoms with E-state index in [0.29, 0.717) is 45.1 Å². The molecule has 6 nitrogen and oxygen atoms in total. The summed E-state index contributed by atoms with van der Waals surface area (Å²) in [5.74, 6) is 0.463. The zero-order valence-electron chi connectivity index (χ0n) is 35.1. The van der Waals surface area contributed by atoms with Gasteiger partial charge in [-0.05, 0) is 103 Å². The van der Waals surface area contributed by atoms with Crippen LogP contribution in [-0.4, -0.2) is 52.9 Å². The zero-order chi connectivity index (χ0) is 39.8. The van der Waals surface area contributed by atoms with Crippen molar-refractivity contribution >= 4 is 24.5 Å². The second-order valence-corrected chi connectivity index (χ2v) is 22.1. The van der Waals surface area contributed by atoms with Crippen LogP contribution in [0.1, 0.15) is 98.5 Å². The average Bonchev–Trinajstić information content (AvgIpc) is 3.27. The lowest BCUT2D eigenvalue weighted by Gasteiger charge is -2.49. The Balaban J connectivity index is 1.38. The molecule has 2 bridgehead atoms. The number of allylic oxidation sites excluding steroid dienone is 3. The highest BCUT2D eigenvalue weighted by atomic mass is 28.4. The van der Waals surface area contributed by atoms with Crippen molar-refractivity contribution < 1.29 is 28.2 Å². The fourth-order valence-corrected chi connectivity index (χ4v) is 14.2. The third-order valence-corrected chi connectivity index (χ3v) is 17.7. The van der Waals surface area contributed by atoms with Gasteiger partial charge in [-0.2, -0.15) is 0 Å². The molecular formula is C49H66O6Si. The molecule has 4 atom stereocenters. The van der Waals surface area contributed by atoms with E-state index in [2.05, 4.69) is 119 Å². The van der Waals surface area contributed by atoms with E-state index in [4.69, 9.17) is 23.4 Å². The first kappa shape index (κ1) is 42.3. The van der Waals surface area contributed by atoms with Crippen molar-refractivity contribution in [1.82, 2.24) is 0 Å². The Morgan fingerprint density at radius 1 is 0.857 bits per heavy atom. The van der Waals surface area contributed by atoms with Gasteiger partial charge in [0.1, 0.15) is 11.5 Å². The molecule has 0 radical (unpaired) electrons. The van der Waals surface area contributed by atoms with Crippen molar-refractivity contribution in [2.75, 3.05) is 26.9 Å². The molecule has 3 aliphatic rings. The molecule has 7 heteroatoms. The van der Waals surface area contributed by atoms with Crippen molar-refractivity contribution in [3.8, 4) is 5.75 Å². The Bertz CT molecular complexity index is 1710. The predicted octanol–water partition coefficient (Wildman–Crippen LogP) is 9.99. The first-order chi connectivity index (χ1) is 26.9. The van der Waals surface area contributed by atoms with Gasteiger partial charge in [0, 0.05) is 18.4 Å². The van der Waals surface area contributed by atoms with Crippen LogP contribution < -0.4 is 15.1 Å². The normalized spacial score (nSPS) is 23.6. The number of carbonyl (C=O) groups is 1. The largest absolute Gasteiger partial charge is 0.497 e. The Morgan fingerprint density at radius 3 is 2.09 bits per heavy atom. The van der Waals surface area contributed by atoms with Crippen molar-refractivity contribution in [2.24, 2.45) is 23.2 Å². The van der Waals surface area contributed by atoms with Gasteiger partial charge in [-0.25, -0.2) is 0 Å². The van der Waals surface area contributed by atoms with E-state index in [9.17, 15) is 4.79 Å². The highest BCUT2D eigenvalue weighted by molar-refractivity contribution is 6.99. The maximum absolute atomic E-state index is 14.8. The van der Waals surface area contributed by atoms with Gasteiger partial charge >= 0.3 is 0 Å². The fourth-order valence-electron chi connectivity index (χ4n) is 9.60. The number of ether oxygens (including phenoxy) is 4. The molecule has 6 rings (SSSR count). The van der Waals surface area contributed by atoms with Crippen molar-refractivity contribution in [2.45, 2.75) is 116 Å². The zero-order valence-corrected chi connectivity index (χ0v) is 36.1. The van der Waals surface area contributed by atoms with Crippen LogP contribution in [0.25, 0.3) is 0 Å². The van der Waals surface area contributed by atoms with E-state index in [-0.39, 0.29) is 28.9 Å². The summed E-state index contributed by atoms with van der Waals surface area (Å²) < 4.78 is 32.9. The molecule has 2 aliphatic carbocycles. The van der Waals surface area contributed by atoms with Gasteiger partial charge < -0.3 is 23.4 Å². The number of benzene rings is 3. The van der Waals surface area contributed by atoms with Gasteiger partial charge in [0.15, 0.2) is 5.79 Å². The summed E-state index contributed by atoms with van der Waals surface area (Å²) in [4.78, 5) is 14.8. The smallest absolute Gasteiger partial charge is 0.261 e. The minimum Gasteiger partial charge on any atom is -0.497 e. The number of fused-ring (bicyclic) bond motifs is 3. The summed E-state index contributed by atoms with van der Waals surface area (Å²) in [6, 6.07) is 29.8. The van der Waals surface area contributed by atoms with Gasteiger partial charge in [0.25, 0.3) is 8.32 Å². The molecule has 1 saturated carbocycles. The monoisotopic (exact) mass is 778 g/mol. The van der Waals surface area contributed by atoms with Gasteiger partial charge in [-0.1, -0.05) is 125 Å². The van der Waals surface area contributed by atoms with Crippen LogP contribution in [0.5, 0.6) is 5.75 Å². The van der Waals surface area contributed by atoms with Crippen LogP contribution >= 0.6 is 0 Å². The predicted molar refractivity (Wildman–Crippen MR) is 229 cm³/mol. The van der Waals surface area contributed by atoms with Crippen LogP contribution in [0.3, 0.4) is 0 Å². The Labute approximate surface area is 338 Å². The quantitative estimate of drug-likeness (QED) is 0.0820. The third-order valence-electron chi connectivity index (χ3n) is 12.7. The van der Waals surface area contributed by atoms with Crippen LogP contribution in [0.4, 0.5) is 0 Å². The van der Waals surface area contributed by atoms with Gasteiger partial charge in [-0.3, -0.25) is 4.79 Å². The lowest BCUT2D eigenvalue weighted by atomic mass is 9.63. The van der Waals surface area contributed by atoms with Crippen molar-refractivity contribution in [3.63, 3.8) is 0 Å². The van der Waals surface area contributed by atoms with Gasteiger partial charge in [-0.15, -0.1) is 0 Å². The molecule has 0 amide bonds. The summed E-state index contributed by atoms with van der Waals surface area (Å²) in [5.41, 5.74) is 1.85. The maximum atomic E-state index is 14.8. The lowest BCUT2D eigenvalue weighted by molar-refractivity contribution is -0.281. The molecule has 0 N–H and O–H groups in total. The molecule has 1 aliphatic heterocycles. The van der Waals surface area contributed by atoms with E-state index >= 15 is 0 Å². The minimum atomic E-state index is -2.77. The molecule has 2 fully saturated rings. The van der Waals surface area contributed by atoms with E-state index in [1.165, 1.54) is 22.4 Å². The number of carbonyl (C=O) groups excluding carboxylic acids is 1. The van der Waals surface area contributed by atoms with E-state index in [0.717, 1.165) is 43.4 Å². The summed E-state index contributed by atoms with van der Waals surface area (Å²) >= 11 is 0. The van der Waals surface area contributed by atoms with Crippen LogP contribution in [0.2, 0.25) is 5.04 Å². The molecule has 56 heavy (non-hydrogen) atoms. The van der Waals surface area contributed by atoms with Crippen molar-refractivity contribution in [3.05, 3.63) is 114 Å². The van der Waals surface area contributed by atoms with Gasteiger partial charge in [0.2, 0.25) is 0 Å². The standard InChI is InChI=1S/C49H66O6Si/c1-8-9-10-11-12-15-20-38-33-43-46(52-34-37-25-27-39(51-7)28-26-37)45(44(50)29-31-49(43)35-53-48(5,6)54-36-49)42(38)30-32-55-56(47(2,3)4,40-21-16-13-17-22-40)41-23-18-14-19-24-41/h8-9,13-14,16-19,21-28,33,38,42,45-46H,10-12,15,20,29-32,34-36H2,1-7H3/b9-8+/t38-,42+,45+,46+/m1/s1. The highest BCUT2D eigenvalue weighted by Crippen LogP contribution is 2.53. The Morgan fingerprint density at radius 2 is 1.50 bits per heavy atom. The first-order valence-corrected chi connectivity index (χ1v) is 23.0. The van der Waals surface area contributed by atoms with Crippen LogP contribution in [0, 0.1) is 23.2 Å². The van der Waals surface area contributed by atoms with Crippen LogP contribution in [-0.2, 0) is 30.0 Å². The van der Waals surface area contributed by atoms with Gasteiger partial charge in [0.05, 0.1) is 39.0 Å². The van der Waals surface area contributed by atoms with E-state index in [1.54, 1.807) is 7.11 Å². The molecule has 302 valence electrons. The number of hydrogen-bond donors (Lipinski definition) is 0. The molecule has 1 heterocycles. The fraction of sp³-hybridized carbons (Fsp3) is 0.531. The minimum absolute atomic E-state index is 0.0814. The summed E-state index contributed by atoms with van der Waals surface area (Å²) in [7, 11) is -1.09. The molecule has 3 aromatic rings. The number of Topliss-reactive ketones (excluding diaryl/α,β-unsaturated/α-hetero) is 1.